The molecule has 0 spiro atoms. The van der Waals surface area contributed by atoms with Crippen molar-refractivity contribution in [1.29, 1.82) is 0 Å². The number of rotatable bonds is 3. The van der Waals surface area contributed by atoms with Gasteiger partial charge < -0.3 is 15.7 Å². The predicted octanol–water partition coefficient (Wildman–Crippen LogP) is 2.09. The molecular formula is C13H16F3N3OS. The highest BCUT2D eigenvalue weighted by atomic mass is 32.1. The third-order valence-electron chi connectivity index (χ3n) is 3.54. The number of aliphatic hydroxyl groups is 1. The highest BCUT2D eigenvalue weighted by Gasteiger charge is 2.35. The van der Waals surface area contributed by atoms with Crippen LogP contribution in [-0.2, 0) is 6.18 Å². The molecule has 8 heteroatoms. The lowest BCUT2D eigenvalue weighted by Crippen LogP contribution is -2.43. The van der Waals surface area contributed by atoms with Crippen molar-refractivity contribution in [2.24, 2.45) is 5.73 Å². The number of alkyl halides is 3. The van der Waals surface area contributed by atoms with Gasteiger partial charge in [-0.2, -0.15) is 13.2 Å². The first-order valence-corrected chi connectivity index (χ1v) is 7.01. The van der Waals surface area contributed by atoms with Gasteiger partial charge in [0.2, 0.25) is 0 Å². The van der Waals surface area contributed by atoms with E-state index in [2.05, 4.69) is 4.98 Å². The number of halogens is 3. The van der Waals surface area contributed by atoms with Gasteiger partial charge >= 0.3 is 6.18 Å². The topological polar surface area (TPSA) is 62.4 Å². The molecule has 0 aromatic carbocycles. The molecular weight excluding hydrogens is 303 g/mol. The van der Waals surface area contributed by atoms with Gasteiger partial charge in [0.25, 0.3) is 0 Å². The van der Waals surface area contributed by atoms with Crippen LogP contribution in [0.2, 0.25) is 0 Å². The first-order valence-electron chi connectivity index (χ1n) is 6.60. The number of nitrogens with two attached hydrogens (primary N) is 1. The van der Waals surface area contributed by atoms with Crippen LogP contribution in [0.3, 0.4) is 0 Å². The molecule has 0 aliphatic carbocycles. The summed E-state index contributed by atoms with van der Waals surface area (Å²) in [4.78, 5) is 5.38. The van der Waals surface area contributed by atoms with Crippen LogP contribution in [0.4, 0.5) is 19.0 Å². The average Bonchev–Trinajstić information content (AvgIpc) is 2.45. The Labute approximate surface area is 125 Å². The summed E-state index contributed by atoms with van der Waals surface area (Å²) in [5.74, 6) is 0.107. The number of aromatic nitrogens is 1. The molecule has 2 rings (SSSR count). The lowest BCUT2D eigenvalue weighted by atomic mass is 10.0. The maximum absolute atomic E-state index is 12.9. The summed E-state index contributed by atoms with van der Waals surface area (Å²) in [6.07, 6.45) is -2.09. The van der Waals surface area contributed by atoms with Gasteiger partial charge in [-0.3, -0.25) is 0 Å². The van der Waals surface area contributed by atoms with Crippen LogP contribution in [0.5, 0.6) is 0 Å². The monoisotopic (exact) mass is 319 g/mol. The van der Waals surface area contributed by atoms with E-state index in [1.807, 2.05) is 0 Å². The Balaban J connectivity index is 2.49. The van der Waals surface area contributed by atoms with Gasteiger partial charge in [-0.25, -0.2) is 4.98 Å². The smallest absolute Gasteiger partial charge is 0.394 e. The zero-order valence-electron chi connectivity index (χ0n) is 11.2. The minimum absolute atomic E-state index is 0.00603. The minimum Gasteiger partial charge on any atom is -0.394 e. The van der Waals surface area contributed by atoms with E-state index in [1.165, 1.54) is 6.07 Å². The van der Waals surface area contributed by atoms with Crippen LogP contribution in [0.25, 0.3) is 0 Å². The molecule has 3 N–H and O–H groups in total. The molecule has 0 saturated carbocycles. The van der Waals surface area contributed by atoms with E-state index >= 15 is 0 Å². The number of hydrogen-bond donors (Lipinski definition) is 2. The van der Waals surface area contributed by atoms with Crippen LogP contribution >= 0.6 is 12.2 Å². The molecule has 0 amide bonds. The molecule has 1 aliphatic heterocycles. The van der Waals surface area contributed by atoms with E-state index in [-0.39, 0.29) is 23.5 Å². The van der Waals surface area contributed by atoms with E-state index in [0.717, 1.165) is 18.9 Å². The van der Waals surface area contributed by atoms with Gasteiger partial charge in [-0.15, -0.1) is 0 Å². The first kappa shape index (κ1) is 16.0. The first-order chi connectivity index (χ1) is 9.84. The van der Waals surface area contributed by atoms with Crippen molar-refractivity contribution < 1.29 is 18.3 Å². The molecule has 116 valence electrons. The van der Waals surface area contributed by atoms with Crippen LogP contribution in [-0.4, -0.2) is 34.3 Å². The lowest BCUT2D eigenvalue weighted by Gasteiger charge is -2.36. The van der Waals surface area contributed by atoms with Gasteiger partial charge in [0.1, 0.15) is 16.5 Å². The Bertz CT molecular complexity index is 536. The fraction of sp³-hybridized carbons (Fsp3) is 0.538. The quantitative estimate of drug-likeness (QED) is 0.835. The van der Waals surface area contributed by atoms with Crippen LogP contribution in [0.1, 0.15) is 30.5 Å². The summed E-state index contributed by atoms with van der Waals surface area (Å²) in [5, 5.41) is 9.43. The number of hydrogen-bond acceptors (Lipinski definition) is 4. The van der Waals surface area contributed by atoms with Gasteiger partial charge in [0.15, 0.2) is 0 Å². The van der Waals surface area contributed by atoms with Gasteiger partial charge in [0, 0.05) is 6.54 Å². The predicted molar refractivity (Wildman–Crippen MR) is 77.2 cm³/mol. The van der Waals surface area contributed by atoms with Crippen LogP contribution < -0.4 is 10.6 Å². The molecule has 2 heterocycles. The minimum atomic E-state index is -4.53. The van der Waals surface area contributed by atoms with Crippen molar-refractivity contribution in [3.63, 3.8) is 0 Å². The molecule has 1 fully saturated rings. The third kappa shape index (κ3) is 3.44. The normalized spacial score (nSPS) is 19.6. The number of anilines is 1. The summed E-state index contributed by atoms with van der Waals surface area (Å²) in [5.41, 5.74) is 4.91. The zero-order valence-corrected chi connectivity index (χ0v) is 12.0. The lowest BCUT2D eigenvalue weighted by molar-refractivity contribution is -0.141. The number of aliphatic hydroxyl groups excluding tert-OH is 1. The number of thiocarbonyl (C=S) groups is 1. The van der Waals surface area contributed by atoms with Crippen molar-refractivity contribution in [1.82, 2.24) is 4.98 Å². The third-order valence-corrected chi connectivity index (χ3v) is 3.76. The van der Waals surface area contributed by atoms with Gasteiger partial charge in [-0.1, -0.05) is 12.2 Å². The Kier molecular flexibility index (Phi) is 4.67. The molecule has 1 aromatic heterocycles. The Morgan fingerprint density at radius 2 is 2.14 bits per heavy atom. The molecule has 1 aromatic rings. The Hall–Kier alpha value is -1.41. The fourth-order valence-corrected chi connectivity index (χ4v) is 2.65. The van der Waals surface area contributed by atoms with E-state index in [0.29, 0.717) is 18.5 Å². The van der Waals surface area contributed by atoms with Crippen LogP contribution in [0.15, 0.2) is 12.1 Å². The SMILES string of the molecule is NC(=S)c1ccc(C(F)(F)F)nc1N1CCCCC1CO. The van der Waals surface area contributed by atoms with Gasteiger partial charge in [-0.05, 0) is 31.4 Å². The standard InChI is InChI=1S/C13H16F3N3OS/c14-13(15,16)10-5-4-9(11(17)21)12(18-10)19-6-2-1-3-8(19)7-20/h4-5,8,20H,1-3,6-7H2,(H2,17,21). The molecule has 0 radical (unpaired) electrons. The average molecular weight is 319 g/mol. The maximum Gasteiger partial charge on any atom is 0.433 e. The molecule has 1 atom stereocenters. The Morgan fingerprint density at radius 3 is 2.71 bits per heavy atom. The van der Waals surface area contributed by atoms with Crippen molar-refractivity contribution in [2.45, 2.75) is 31.5 Å². The van der Waals surface area contributed by atoms with Crippen molar-refractivity contribution >= 4 is 23.0 Å². The second-order valence-corrected chi connectivity index (χ2v) is 5.40. The Morgan fingerprint density at radius 1 is 1.43 bits per heavy atom. The van der Waals surface area contributed by atoms with Crippen LogP contribution in [0, 0.1) is 0 Å². The van der Waals surface area contributed by atoms with E-state index in [9.17, 15) is 18.3 Å². The molecule has 1 aliphatic rings. The largest absolute Gasteiger partial charge is 0.433 e. The van der Waals surface area contributed by atoms with Crippen molar-refractivity contribution in [3.05, 3.63) is 23.4 Å². The molecule has 21 heavy (non-hydrogen) atoms. The summed E-state index contributed by atoms with van der Waals surface area (Å²) in [6, 6.07) is 1.86. The molecule has 4 nitrogen and oxygen atoms in total. The fourth-order valence-electron chi connectivity index (χ4n) is 2.49. The van der Waals surface area contributed by atoms with Crippen molar-refractivity contribution in [2.75, 3.05) is 18.1 Å². The van der Waals surface area contributed by atoms with Crippen molar-refractivity contribution in [3.8, 4) is 0 Å². The van der Waals surface area contributed by atoms with E-state index < -0.39 is 11.9 Å². The maximum atomic E-state index is 12.9. The summed E-state index contributed by atoms with van der Waals surface area (Å²) in [6.45, 7) is 0.379. The molecule has 1 unspecified atom stereocenters. The summed E-state index contributed by atoms with van der Waals surface area (Å²) >= 11 is 4.90. The summed E-state index contributed by atoms with van der Waals surface area (Å²) in [7, 11) is 0. The number of piperidine rings is 1. The molecule has 1 saturated heterocycles. The highest BCUT2D eigenvalue weighted by molar-refractivity contribution is 7.80. The highest BCUT2D eigenvalue weighted by Crippen LogP contribution is 2.32. The number of nitrogens with zero attached hydrogens (tertiary/aromatic N) is 2. The molecule has 0 bridgehead atoms. The van der Waals surface area contributed by atoms with E-state index in [1.54, 1.807) is 4.90 Å². The second-order valence-electron chi connectivity index (χ2n) is 4.96. The second kappa shape index (κ2) is 6.15. The zero-order chi connectivity index (χ0) is 15.6. The number of pyridine rings is 1. The van der Waals surface area contributed by atoms with E-state index in [4.69, 9.17) is 18.0 Å². The summed E-state index contributed by atoms with van der Waals surface area (Å²) < 4.78 is 38.6. The van der Waals surface area contributed by atoms with Gasteiger partial charge in [0.05, 0.1) is 18.2 Å².